The normalized spacial score (nSPS) is 11.0. The molecule has 0 amide bonds. The van der Waals surface area contributed by atoms with Crippen LogP contribution in [0.2, 0.25) is 0 Å². The summed E-state index contributed by atoms with van der Waals surface area (Å²) < 4.78 is 0. The standard InChI is InChI=1S/C9H11NOS.C4H8OS/c1-2-7(9(11)12)8-5-3-4-6-10-8;1-2-3-4(5)6/h3-7H,2H2,1H3,(H,11,12);2-3H2,1H3,(H,5,6). The van der Waals surface area contributed by atoms with Gasteiger partial charge in [-0.2, -0.15) is 0 Å². The third kappa shape index (κ3) is 7.29. The van der Waals surface area contributed by atoms with Crippen LogP contribution in [0.3, 0.4) is 0 Å². The van der Waals surface area contributed by atoms with Crippen molar-refractivity contribution >= 4 is 34.5 Å². The minimum Gasteiger partial charge on any atom is -0.502 e. The zero-order valence-corrected chi connectivity index (χ0v) is 12.3. The smallest absolute Gasteiger partial charge is 0.165 e. The van der Waals surface area contributed by atoms with Gasteiger partial charge in [-0.3, -0.25) is 4.98 Å². The maximum Gasteiger partial charge on any atom is 0.165 e. The van der Waals surface area contributed by atoms with E-state index in [9.17, 15) is 0 Å². The molecule has 18 heavy (non-hydrogen) atoms. The van der Waals surface area contributed by atoms with Crippen molar-refractivity contribution in [3.8, 4) is 0 Å². The molecule has 2 N–H and O–H groups in total. The van der Waals surface area contributed by atoms with Gasteiger partial charge < -0.3 is 10.2 Å². The Hall–Kier alpha value is -1.07. The fraction of sp³-hybridized carbons (Fsp3) is 0.462. The highest BCUT2D eigenvalue weighted by molar-refractivity contribution is 7.80. The Bertz CT molecular complexity index is 369. The Labute approximate surface area is 119 Å². The van der Waals surface area contributed by atoms with Crippen LogP contribution in [-0.2, 0) is 0 Å². The first-order valence-corrected chi connectivity index (χ1v) is 6.70. The summed E-state index contributed by atoms with van der Waals surface area (Å²) >= 11 is 9.06. The van der Waals surface area contributed by atoms with Gasteiger partial charge in [-0.1, -0.05) is 19.9 Å². The quantitative estimate of drug-likeness (QED) is 0.797. The SMILES string of the molecule is CCC(C(O)=S)c1ccccn1.CCCC(O)=S. The average Bonchev–Trinajstić information content (AvgIpc) is 2.31. The number of hydrogen-bond acceptors (Lipinski definition) is 3. The lowest BCUT2D eigenvalue weighted by atomic mass is 10.0. The second-order valence-electron chi connectivity index (χ2n) is 3.70. The van der Waals surface area contributed by atoms with Gasteiger partial charge >= 0.3 is 0 Å². The van der Waals surface area contributed by atoms with E-state index in [2.05, 4.69) is 17.2 Å². The van der Waals surface area contributed by atoms with Crippen LogP contribution in [-0.4, -0.2) is 25.3 Å². The number of nitrogens with zero attached hydrogens (tertiary/aromatic N) is 1. The van der Waals surface area contributed by atoms with Gasteiger partial charge in [0.25, 0.3) is 0 Å². The number of rotatable bonds is 5. The van der Waals surface area contributed by atoms with Gasteiger partial charge in [-0.15, -0.1) is 0 Å². The van der Waals surface area contributed by atoms with Crippen LogP contribution in [0.5, 0.6) is 0 Å². The summed E-state index contributed by atoms with van der Waals surface area (Å²) in [5, 5.41) is 17.6. The van der Waals surface area contributed by atoms with Gasteiger partial charge in [-0.25, -0.2) is 0 Å². The maximum atomic E-state index is 9.16. The number of pyridine rings is 1. The Morgan fingerprint density at radius 2 is 1.94 bits per heavy atom. The lowest BCUT2D eigenvalue weighted by Crippen LogP contribution is -2.09. The van der Waals surface area contributed by atoms with Crippen molar-refractivity contribution in [3.05, 3.63) is 30.1 Å². The van der Waals surface area contributed by atoms with Crippen LogP contribution in [0.15, 0.2) is 24.4 Å². The first kappa shape index (κ1) is 16.9. The van der Waals surface area contributed by atoms with Gasteiger partial charge in [0.2, 0.25) is 0 Å². The first-order chi connectivity index (χ1) is 8.52. The molecule has 1 aromatic rings. The van der Waals surface area contributed by atoms with Gasteiger partial charge in [0.1, 0.15) is 0 Å². The Kier molecular flexibility index (Phi) is 9.32. The molecule has 100 valence electrons. The van der Waals surface area contributed by atoms with E-state index in [1.807, 2.05) is 32.0 Å². The fourth-order valence-corrected chi connectivity index (χ4v) is 1.80. The van der Waals surface area contributed by atoms with E-state index < -0.39 is 0 Å². The highest BCUT2D eigenvalue weighted by Crippen LogP contribution is 2.17. The molecule has 1 heterocycles. The largest absolute Gasteiger partial charge is 0.502 e. The third-order valence-electron chi connectivity index (χ3n) is 2.22. The Morgan fingerprint density at radius 3 is 2.22 bits per heavy atom. The van der Waals surface area contributed by atoms with Crippen LogP contribution in [0, 0.1) is 0 Å². The molecule has 0 aliphatic heterocycles. The van der Waals surface area contributed by atoms with Crippen LogP contribution in [0.25, 0.3) is 0 Å². The van der Waals surface area contributed by atoms with Crippen molar-refractivity contribution in [3.63, 3.8) is 0 Å². The molecule has 0 bridgehead atoms. The number of aromatic nitrogens is 1. The van der Waals surface area contributed by atoms with Crippen molar-refractivity contribution in [1.29, 1.82) is 0 Å². The van der Waals surface area contributed by atoms with E-state index in [1.54, 1.807) is 6.20 Å². The lowest BCUT2D eigenvalue weighted by Gasteiger charge is -2.09. The molecule has 1 unspecified atom stereocenters. The fourth-order valence-electron chi connectivity index (χ4n) is 1.31. The van der Waals surface area contributed by atoms with Crippen molar-refractivity contribution < 1.29 is 10.2 Å². The zero-order valence-electron chi connectivity index (χ0n) is 10.7. The summed E-state index contributed by atoms with van der Waals surface area (Å²) in [6.07, 6.45) is 4.09. The first-order valence-electron chi connectivity index (χ1n) is 5.88. The monoisotopic (exact) mass is 285 g/mol. The molecule has 0 fully saturated rings. The number of hydrogen-bond donors (Lipinski definition) is 2. The van der Waals surface area contributed by atoms with Crippen molar-refractivity contribution in [2.45, 2.75) is 39.0 Å². The molecule has 1 rings (SSSR count). The summed E-state index contributed by atoms with van der Waals surface area (Å²) in [5.74, 6) is -0.0961. The van der Waals surface area contributed by atoms with E-state index in [4.69, 9.17) is 22.4 Å². The molecule has 0 spiro atoms. The van der Waals surface area contributed by atoms with E-state index in [1.165, 1.54) is 0 Å². The highest BCUT2D eigenvalue weighted by Gasteiger charge is 2.14. The predicted molar refractivity (Wildman–Crippen MR) is 82.6 cm³/mol. The summed E-state index contributed by atoms with van der Waals surface area (Å²) in [5.41, 5.74) is 0.840. The number of aliphatic hydroxyl groups excluding tert-OH is 2. The summed E-state index contributed by atoms with van der Waals surface area (Å²) in [4.78, 5) is 4.12. The minimum atomic E-state index is -0.0961. The highest BCUT2D eigenvalue weighted by atomic mass is 32.1. The van der Waals surface area contributed by atoms with Crippen LogP contribution >= 0.6 is 24.4 Å². The van der Waals surface area contributed by atoms with E-state index in [0.717, 1.165) is 18.5 Å². The molecule has 0 aliphatic carbocycles. The second-order valence-corrected chi connectivity index (χ2v) is 4.59. The van der Waals surface area contributed by atoms with Crippen LogP contribution in [0.1, 0.15) is 44.7 Å². The van der Waals surface area contributed by atoms with Crippen molar-refractivity contribution in [2.24, 2.45) is 0 Å². The molecule has 0 radical (unpaired) electrons. The van der Waals surface area contributed by atoms with Gasteiger partial charge in [0.15, 0.2) is 10.1 Å². The number of thiocarbonyl (C=S) groups is 2. The molecule has 1 aromatic heterocycles. The molecule has 5 heteroatoms. The molecule has 0 aliphatic rings. The van der Waals surface area contributed by atoms with Crippen molar-refractivity contribution in [1.82, 2.24) is 4.98 Å². The second kappa shape index (κ2) is 9.91. The van der Waals surface area contributed by atoms with E-state index >= 15 is 0 Å². The minimum absolute atomic E-state index is 0.0243. The van der Waals surface area contributed by atoms with E-state index in [-0.39, 0.29) is 16.0 Å². The summed E-state index contributed by atoms with van der Waals surface area (Å²) in [6.45, 7) is 3.95. The molecule has 0 aromatic carbocycles. The van der Waals surface area contributed by atoms with E-state index in [0.29, 0.717) is 6.42 Å². The van der Waals surface area contributed by atoms with Gasteiger partial charge in [0, 0.05) is 12.6 Å². The molecular weight excluding hydrogens is 266 g/mol. The molecule has 0 saturated carbocycles. The van der Waals surface area contributed by atoms with Crippen LogP contribution < -0.4 is 0 Å². The third-order valence-corrected chi connectivity index (χ3v) is 2.70. The zero-order chi connectivity index (χ0) is 14.0. The molecule has 0 saturated heterocycles. The lowest BCUT2D eigenvalue weighted by molar-refractivity contribution is 0.525. The molecule has 3 nitrogen and oxygen atoms in total. The van der Waals surface area contributed by atoms with Crippen LogP contribution in [0.4, 0.5) is 0 Å². The Balaban J connectivity index is 0.000000411. The maximum absolute atomic E-state index is 9.16. The summed E-state index contributed by atoms with van der Waals surface area (Å²) in [6, 6.07) is 5.61. The molecule has 1 atom stereocenters. The molecular formula is C13H19NO2S2. The van der Waals surface area contributed by atoms with Gasteiger partial charge in [-0.05, 0) is 49.4 Å². The van der Waals surface area contributed by atoms with Crippen molar-refractivity contribution in [2.75, 3.05) is 0 Å². The number of aliphatic hydroxyl groups is 2. The topological polar surface area (TPSA) is 53.4 Å². The Morgan fingerprint density at radius 1 is 1.28 bits per heavy atom. The average molecular weight is 285 g/mol. The summed E-state index contributed by atoms with van der Waals surface area (Å²) in [7, 11) is 0. The van der Waals surface area contributed by atoms with Gasteiger partial charge in [0.05, 0.1) is 11.6 Å². The predicted octanol–water partition coefficient (Wildman–Crippen LogP) is 4.13.